The lowest BCUT2D eigenvalue weighted by molar-refractivity contribution is -0.134. The van der Waals surface area contributed by atoms with Crippen LogP contribution in [0.2, 0.25) is 10.0 Å². The van der Waals surface area contributed by atoms with Crippen LogP contribution in [0.4, 0.5) is 4.39 Å². The highest BCUT2D eigenvalue weighted by molar-refractivity contribution is 6.43. The summed E-state index contributed by atoms with van der Waals surface area (Å²) < 4.78 is 28.0. The van der Waals surface area contributed by atoms with Gasteiger partial charge in [-0.15, -0.1) is 0 Å². The number of nitriles is 1. The molecular formula is C39H38Cl2FN7O2. The molecule has 3 aliphatic heterocycles. The van der Waals surface area contributed by atoms with E-state index in [0.29, 0.717) is 64.7 Å². The number of halogens is 3. The second kappa shape index (κ2) is 12.6. The molecule has 2 aliphatic carbocycles. The first-order valence-electron chi connectivity index (χ1n) is 17.8. The summed E-state index contributed by atoms with van der Waals surface area (Å²) in [7, 11) is 1.95. The standard InChI is InChI=1S/C39H38Cl2FN7O2/c1-20-27-14-32(31-13-25(17-48(31)39(50)21-8-9-21)51-18-24-16-44-19-47(24)2)49(37-23-12-30(37)45-15-23)38(27)28-11-22(5-4-10-43)33(35(42)36(28)46-20)26-6-3-7-29(40)34(26)41/h3,6-7,11,14,16,19,21,23,25,30-31,37,45H,4-5,8-9,12-13,15,17-18H2,1-2H3/t23-,25+,30-,31-,37+/m1/s1. The Hall–Kier alpha value is -4.01. The van der Waals surface area contributed by atoms with Crippen LogP contribution < -0.4 is 5.32 Å². The van der Waals surface area contributed by atoms with Crippen molar-refractivity contribution in [2.45, 2.75) is 76.3 Å². The van der Waals surface area contributed by atoms with Crippen molar-refractivity contribution in [1.82, 2.24) is 29.3 Å². The van der Waals surface area contributed by atoms with Crippen LogP contribution in [0.5, 0.6) is 0 Å². The molecular weight excluding hydrogens is 688 g/mol. The van der Waals surface area contributed by atoms with E-state index in [9.17, 15) is 10.1 Å². The van der Waals surface area contributed by atoms with Crippen LogP contribution in [0.15, 0.2) is 42.9 Å². The zero-order chi connectivity index (χ0) is 35.1. The second-order valence-electron chi connectivity index (χ2n) is 14.7. The molecule has 0 unspecified atom stereocenters. The van der Waals surface area contributed by atoms with Gasteiger partial charge in [0, 0.05) is 78.2 Å². The number of likely N-dealkylation sites (tertiary alicyclic amines) is 1. The third-order valence-corrected chi connectivity index (χ3v) is 12.4. The molecule has 5 aromatic rings. The topological polar surface area (TPSA) is 101 Å². The van der Waals surface area contributed by atoms with E-state index in [1.165, 1.54) is 0 Å². The predicted molar refractivity (Wildman–Crippen MR) is 194 cm³/mol. The number of carbonyl (C=O) groups excluding carboxylic acids is 1. The Labute approximate surface area is 305 Å². The van der Waals surface area contributed by atoms with Crippen LogP contribution in [0.1, 0.15) is 66.8 Å². The number of benzene rings is 2. The smallest absolute Gasteiger partial charge is 0.226 e. The Kier molecular flexibility index (Phi) is 8.11. The minimum absolute atomic E-state index is 0.0560. The highest BCUT2D eigenvalue weighted by atomic mass is 35.5. The predicted octanol–water partition coefficient (Wildman–Crippen LogP) is 7.60. The fourth-order valence-electron chi connectivity index (χ4n) is 8.83. The zero-order valence-electron chi connectivity index (χ0n) is 28.5. The third kappa shape index (κ3) is 5.35. The highest BCUT2D eigenvalue weighted by Gasteiger charge is 2.51. The fourth-order valence-corrected chi connectivity index (χ4v) is 9.23. The lowest BCUT2D eigenvalue weighted by Gasteiger charge is -2.39. The molecule has 3 saturated heterocycles. The number of ether oxygens (including phenoxy) is 1. The first kappa shape index (κ1) is 32.9. The number of carbonyl (C=O) groups is 1. The number of rotatable bonds is 9. The molecule has 0 spiro atoms. The molecule has 5 atom stereocenters. The van der Waals surface area contributed by atoms with Crippen LogP contribution in [-0.2, 0) is 29.6 Å². The normalized spacial score (nSPS) is 24.1. The first-order valence-corrected chi connectivity index (χ1v) is 18.6. The molecule has 1 amide bonds. The SMILES string of the molecule is Cc1nc2c(F)c(-c3cccc(Cl)c3Cl)c(CCC#N)cc2c2c1cc([C@H]1C[C@H](OCc3cncn3C)CN1C(=O)C1CC1)n2[C@H]1[C@H]2CN[C@@H]1C2. The number of fused-ring (bicyclic) bond motifs is 4. The summed E-state index contributed by atoms with van der Waals surface area (Å²) in [5.74, 6) is 0.186. The van der Waals surface area contributed by atoms with Crippen LogP contribution in [0, 0.1) is 35.9 Å². The molecule has 3 aromatic heterocycles. The monoisotopic (exact) mass is 725 g/mol. The maximum absolute atomic E-state index is 17.2. The van der Waals surface area contributed by atoms with Gasteiger partial charge < -0.3 is 24.1 Å². The number of aryl methyl sites for hydroxylation is 3. The number of hydrogen-bond donors (Lipinski definition) is 1. The Morgan fingerprint density at radius 3 is 2.75 bits per heavy atom. The van der Waals surface area contributed by atoms with E-state index in [2.05, 4.69) is 27.0 Å². The number of imidazole rings is 1. The van der Waals surface area contributed by atoms with Gasteiger partial charge in [0.05, 0.1) is 64.6 Å². The second-order valence-corrected chi connectivity index (χ2v) is 15.5. The molecule has 262 valence electrons. The Morgan fingerprint density at radius 1 is 1.20 bits per heavy atom. The summed E-state index contributed by atoms with van der Waals surface area (Å²) >= 11 is 13.1. The van der Waals surface area contributed by atoms with Gasteiger partial charge in [0.2, 0.25) is 5.91 Å². The summed E-state index contributed by atoms with van der Waals surface area (Å²) in [4.78, 5) is 25.2. The van der Waals surface area contributed by atoms with Crippen LogP contribution >= 0.6 is 23.2 Å². The van der Waals surface area contributed by atoms with Gasteiger partial charge in [-0.25, -0.2) is 14.4 Å². The van der Waals surface area contributed by atoms with Gasteiger partial charge in [-0.05, 0) is 62.3 Å². The largest absolute Gasteiger partial charge is 0.370 e. The molecule has 51 heavy (non-hydrogen) atoms. The van der Waals surface area contributed by atoms with E-state index in [1.54, 1.807) is 24.5 Å². The molecule has 12 heteroatoms. The molecule has 0 radical (unpaired) electrons. The van der Waals surface area contributed by atoms with E-state index < -0.39 is 5.82 Å². The van der Waals surface area contributed by atoms with Gasteiger partial charge in [0.25, 0.3) is 0 Å². The van der Waals surface area contributed by atoms with Gasteiger partial charge >= 0.3 is 0 Å². The minimum Gasteiger partial charge on any atom is -0.370 e. The lowest BCUT2D eigenvalue weighted by atomic mass is 9.79. The van der Waals surface area contributed by atoms with E-state index in [4.69, 9.17) is 32.9 Å². The summed E-state index contributed by atoms with van der Waals surface area (Å²) in [6, 6.07) is 11.9. The first-order chi connectivity index (χ1) is 24.7. The van der Waals surface area contributed by atoms with Gasteiger partial charge in [0.15, 0.2) is 5.82 Å². The van der Waals surface area contributed by atoms with E-state index in [-0.39, 0.29) is 53.0 Å². The Bertz CT molecular complexity index is 2260. The van der Waals surface area contributed by atoms with Gasteiger partial charge in [-0.1, -0.05) is 35.3 Å². The molecule has 10 rings (SSSR count). The summed E-state index contributed by atoms with van der Waals surface area (Å²) in [6.07, 6.45) is 7.55. The summed E-state index contributed by atoms with van der Waals surface area (Å²) in [6.45, 7) is 3.78. The molecule has 9 nitrogen and oxygen atoms in total. The van der Waals surface area contributed by atoms with Crippen LogP contribution in [-0.4, -0.2) is 55.1 Å². The Balaban J connectivity index is 1.24. The lowest BCUT2D eigenvalue weighted by Crippen LogP contribution is -2.41. The molecule has 6 heterocycles. The average Bonchev–Trinajstić information content (AvgIpc) is 3.55. The maximum Gasteiger partial charge on any atom is 0.226 e. The van der Waals surface area contributed by atoms with Crippen molar-refractivity contribution in [3.63, 3.8) is 0 Å². The van der Waals surface area contributed by atoms with Crippen molar-refractivity contribution in [3.8, 4) is 17.2 Å². The number of nitrogens with zero attached hydrogens (tertiary/aromatic N) is 6. The number of hydrogen-bond acceptors (Lipinski definition) is 6. The average molecular weight is 727 g/mol. The quantitative estimate of drug-likeness (QED) is 0.168. The zero-order valence-corrected chi connectivity index (χ0v) is 30.0. The highest BCUT2D eigenvalue weighted by Crippen LogP contribution is 2.51. The number of nitrogens with one attached hydrogen (secondary N) is 1. The van der Waals surface area contributed by atoms with Crippen molar-refractivity contribution < 1.29 is 13.9 Å². The molecule has 5 fully saturated rings. The number of aromatic nitrogens is 4. The number of amides is 1. The van der Waals surface area contributed by atoms with Crippen molar-refractivity contribution in [2.24, 2.45) is 18.9 Å². The third-order valence-electron chi connectivity index (χ3n) is 11.6. The molecule has 5 aliphatic rings. The van der Waals surface area contributed by atoms with Crippen LogP contribution in [0.3, 0.4) is 0 Å². The maximum atomic E-state index is 17.2. The fraction of sp³-hybridized carbons (Fsp3) is 0.436. The van der Waals surface area contributed by atoms with Crippen molar-refractivity contribution >= 4 is 50.9 Å². The molecule has 2 saturated carbocycles. The summed E-state index contributed by atoms with van der Waals surface area (Å²) in [5, 5.41) is 15.5. The van der Waals surface area contributed by atoms with E-state index in [1.807, 2.05) is 35.7 Å². The van der Waals surface area contributed by atoms with E-state index in [0.717, 1.165) is 48.1 Å². The van der Waals surface area contributed by atoms with Crippen molar-refractivity contribution in [3.05, 3.63) is 81.4 Å². The van der Waals surface area contributed by atoms with Crippen LogP contribution in [0.25, 0.3) is 32.9 Å². The van der Waals surface area contributed by atoms with Crippen molar-refractivity contribution in [2.75, 3.05) is 13.1 Å². The Morgan fingerprint density at radius 2 is 2.04 bits per heavy atom. The summed E-state index contributed by atoms with van der Waals surface area (Å²) in [5.41, 5.74) is 5.40. The van der Waals surface area contributed by atoms with E-state index >= 15 is 4.39 Å². The molecule has 2 bridgehead atoms. The van der Waals surface area contributed by atoms with Gasteiger partial charge in [0.1, 0.15) is 5.52 Å². The number of pyridine rings is 1. The molecule has 2 aromatic carbocycles. The molecule has 1 N–H and O–H groups in total. The minimum atomic E-state index is -0.478. The van der Waals surface area contributed by atoms with Crippen molar-refractivity contribution in [1.29, 1.82) is 5.26 Å². The van der Waals surface area contributed by atoms with Gasteiger partial charge in [-0.2, -0.15) is 5.26 Å². The van der Waals surface area contributed by atoms with Gasteiger partial charge in [-0.3, -0.25) is 4.79 Å².